The van der Waals surface area contributed by atoms with Crippen molar-refractivity contribution in [3.63, 3.8) is 0 Å². The Hall–Kier alpha value is -2.51. The molecule has 27 heavy (non-hydrogen) atoms. The number of anilines is 2. The highest BCUT2D eigenvalue weighted by Gasteiger charge is 2.15. The lowest BCUT2D eigenvalue weighted by Crippen LogP contribution is -2.46. The summed E-state index contributed by atoms with van der Waals surface area (Å²) in [7, 11) is 0. The number of piperazine rings is 1. The highest BCUT2D eigenvalue weighted by atomic mass is 32.1. The van der Waals surface area contributed by atoms with Gasteiger partial charge in [0.1, 0.15) is 5.82 Å². The second-order valence-corrected chi connectivity index (χ2v) is 6.80. The van der Waals surface area contributed by atoms with Crippen molar-refractivity contribution >= 4 is 34.6 Å². The van der Waals surface area contributed by atoms with Crippen LogP contribution in [-0.4, -0.2) is 48.6 Å². The smallest absolute Gasteiger partial charge is 0.257 e. The molecule has 142 valence electrons. The molecule has 0 spiro atoms. The molecule has 7 heteroatoms. The lowest BCUT2D eigenvalue weighted by Gasteiger charge is -2.35. The van der Waals surface area contributed by atoms with Crippen molar-refractivity contribution < 1.29 is 9.18 Å². The minimum absolute atomic E-state index is 0.175. The average Bonchev–Trinajstić information content (AvgIpc) is 2.68. The quantitative estimate of drug-likeness (QED) is 0.791. The molecule has 3 rings (SSSR count). The Bertz CT molecular complexity index is 804. The van der Waals surface area contributed by atoms with E-state index in [2.05, 4.69) is 27.4 Å². The predicted molar refractivity (Wildman–Crippen MR) is 111 cm³/mol. The maximum absolute atomic E-state index is 13.2. The molecule has 5 nitrogen and oxygen atoms in total. The number of hydrogen-bond donors (Lipinski definition) is 2. The minimum atomic E-state index is -0.461. The highest BCUT2D eigenvalue weighted by molar-refractivity contribution is 7.80. The maximum atomic E-state index is 13.2. The molecule has 1 aliphatic rings. The molecule has 0 atom stereocenters. The fourth-order valence-electron chi connectivity index (χ4n) is 3.05. The minimum Gasteiger partial charge on any atom is -0.369 e. The van der Waals surface area contributed by atoms with E-state index in [1.165, 1.54) is 30.0 Å². The zero-order valence-corrected chi connectivity index (χ0v) is 16.1. The number of thiocarbonyl (C=S) groups is 1. The molecule has 2 N–H and O–H groups in total. The Balaban J connectivity index is 1.53. The topological polar surface area (TPSA) is 47.6 Å². The fraction of sp³-hybridized carbons (Fsp3) is 0.300. The summed E-state index contributed by atoms with van der Waals surface area (Å²) >= 11 is 5.18. The molecule has 1 saturated heterocycles. The lowest BCUT2D eigenvalue weighted by molar-refractivity contribution is 0.0977. The van der Waals surface area contributed by atoms with Crippen LogP contribution in [0.3, 0.4) is 0 Å². The van der Waals surface area contributed by atoms with Gasteiger partial charge in [0, 0.05) is 43.1 Å². The molecule has 0 aromatic heterocycles. The molecular formula is C20H23FN4OS. The Morgan fingerprint density at radius 3 is 2.44 bits per heavy atom. The van der Waals surface area contributed by atoms with E-state index in [1.54, 1.807) is 0 Å². The Labute approximate surface area is 164 Å². The summed E-state index contributed by atoms with van der Waals surface area (Å²) in [6, 6.07) is 13.4. The first-order valence-electron chi connectivity index (χ1n) is 9.00. The van der Waals surface area contributed by atoms with Crippen LogP contribution in [0.15, 0.2) is 48.5 Å². The van der Waals surface area contributed by atoms with Crippen LogP contribution < -0.4 is 15.5 Å². The molecule has 0 bridgehead atoms. The van der Waals surface area contributed by atoms with Crippen molar-refractivity contribution in [2.24, 2.45) is 0 Å². The highest BCUT2D eigenvalue weighted by Crippen LogP contribution is 2.19. The van der Waals surface area contributed by atoms with Crippen molar-refractivity contribution in [1.29, 1.82) is 0 Å². The summed E-state index contributed by atoms with van der Waals surface area (Å²) in [6.07, 6.45) is 0. The number of likely N-dealkylation sites (N-methyl/N-ethyl adjacent to an activating group) is 1. The molecule has 0 unspecified atom stereocenters. The fourth-order valence-corrected chi connectivity index (χ4v) is 3.26. The van der Waals surface area contributed by atoms with E-state index < -0.39 is 11.7 Å². The van der Waals surface area contributed by atoms with Crippen molar-refractivity contribution in [2.75, 3.05) is 42.9 Å². The molecule has 0 aliphatic carbocycles. The summed E-state index contributed by atoms with van der Waals surface area (Å²) in [5, 5.41) is 5.72. The number of amides is 1. The largest absolute Gasteiger partial charge is 0.369 e. The van der Waals surface area contributed by atoms with Crippen LogP contribution in [0, 0.1) is 5.82 Å². The van der Waals surface area contributed by atoms with E-state index >= 15 is 0 Å². The molecule has 0 saturated carbocycles. The molecule has 1 heterocycles. The number of carbonyl (C=O) groups excluding carboxylic acids is 1. The molecule has 2 aromatic carbocycles. The molecule has 1 fully saturated rings. The number of halogens is 1. The van der Waals surface area contributed by atoms with Crippen molar-refractivity contribution in [3.05, 3.63) is 59.9 Å². The van der Waals surface area contributed by atoms with Crippen LogP contribution in [0.25, 0.3) is 0 Å². The van der Waals surface area contributed by atoms with Gasteiger partial charge in [-0.3, -0.25) is 10.1 Å². The summed E-state index contributed by atoms with van der Waals surface area (Å²) in [5.74, 6) is -0.908. The zero-order valence-electron chi connectivity index (χ0n) is 15.2. The van der Waals surface area contributed by atoms with Crippen molar-refractivity contribution in [2.45, 2.75) is 6.92 Å². The monoisotopic (exact) mass is 386 g/mol. The third-order valence-corrected chi connectivity index (χ3v) is 4.83. The summed E-state index contributed by atoms with van der Waals surface area (Å²) in [4.78, 5) is 16.9. The van der Waals surface area contributed by atoms with Crippen LogP contribution in [0.1, 0.15) is 17.3 Å². The number of rotatable bonds is 4. The van der Waals surface area contributed by atoms with Gasteiger partial charge in [-0.25, -0.2) is 4.39 Å². The Morgan fingerprint density at radius 1 is 1.11 bits per heavy atom. The van der Waals surface area contributed by atoms with E-state index in [1.807, 2.05) is 24.3 Å². The van der Waals surface area contributed by atoms with Gasteiger partial charge < -0.3 is 15.1 Å². The van der Waals surface area contributed by atoms with E-state index in [9.17, 15) is 9.18 Å². The summed E-state index contributed by atoms with van der Waals surface area (Å²) in [5.41, 5.74) is 2.18. The second-order valence-electron chi connectivity index (χ2n) is 6.39. The van der Waals surface area contributed by atoms with Gasteiger partial charge in [0.15, 0.2) is 5.11 Å². The number of hydrogen-bond acceptors (Lipinski definition) is 4. The first-order valence-corrected chi connectivity index (χ1v) is 9.41. The average molecular weight is 386 g/mol. The van der Waals surface area contributed by atoms with Gasteiger partial charge in [0.25, 0.3) is 5.91 Å². The number of benzene rings is 2. The summed E-state index contributed by atoms with van der Waals surface area (Å²) < 4.78 is 13.2. The Kier molecular flexibility index (Phi) is 6.36. The van der Waals surface area contributed by atoms with Gasteiger partial charge in [-0.05, 0) is 61.2 Å². The van der Waals surface area contributed by atoms with E-state index in [-0.39, 0.29) is 10.7 Å². The van der Waals surface area contributed by atoms with Crippen molar-refractivity contribution in [1.82, 2.24) is 10.2 Å². The third-order valence-electron chi connectivity index (χ3n) is 4.62. The van der Waals surface area contributed by atoms with Crippen LogP contribution in [0.5, 0.6) is 0 Å². The third kappa shape index (κ3) is 5.24. The van der Waals surface area contributed by atoms with Gasteiger partial charge in [-0.2, -0.15) is 0 Å². The van der Waals surface area contributed by atoms with E-state index in [0.29, 0.717) is 0 Å². The van der Waals surface area contributed by atoms with Crippen LogP contribution in [0.4, 0.5) is 15.8 Å². The van der Waals surface area contributed by atoms with E-state index in [0.717, 1.165) is 38.4 Å². The number of carbonyl (C=O) groups is 1. The molecule has 2 aromatic rings. The van der Waals surface area contributed by atoms with Crippen molar-refractivity contribution in [3.8, 4) is 0 Å². The normalized spacial score (nSPS) is 14.7. The standard InChI is InChI=1S/C20H23FN4OS/c1-2-24-10-12-25(13-11-24)18-8-6-17(7-9-18)22-20(27)23-19(26)15-4-3-5-16(21)14-15/h3-9,14H,2,10-13H2,1H3,(H2,22,23,26,27). The first-order chi connectivity index (χ1) is 13.0. The van der Waals surface area contributed by atoms with Crippen LogP contribution in [0.2, 0.25) is 0 Å². The summed E-state index contributed by atoms with van der Waals surface area (Å²) in [6.45, 7) is 7.46. The first kappa shape index (κ1) is 19.3. The van der Waals surface area contributed by atoms with E-state index in [4.69, 9.17) is 12.2 Å². The number of nitrogens with zero attached hydrogens (tertiary/aromatic N) is 2. The lowest BCUT2D eigenvalue weighted by atomic mass is 10.2. The predicted octanol–water partition coefficient (Wildman–Crippen LogP) is 3.09. The zero-order chi connectivity index (χ0) is 19.2. The molecule has 0 radical (unpaired) electrons. The van der Waals surface area contributed by atoms with Gasteiger partial charge in [0.05, 0.1) is 0 Å². The van der Waals surface area contributed by atoms with Crippen LogP contribution in [-0.2, 0) is 0 Å². The molecular weight excluding hydrogens is 363 g/mol. The van der Waals surface area contributed by atoms with Crippen LogP contribution >= 0.6 is 12.2 Å². The van der Waals surface area contributed by atoms with Gasteiger partial charge in [0.2, 0.25) is 0 Å². The van der Waals surface area contributed by atoms with Gasteiger partial charge in [-0.1, -0.05) is 13.0 Å². The molecule has 1 amide bonds. The molecule has 1 aliphatic heterocycles. The maximum Gasteiger partial charge on any atom is 0.257 e. The van der Waals surface area contributed by atoms with Gasteiger partial charge in [-0.15, -0.1) is 0 Å². The second kappa shape index (κ2) is 8.92. The number of nitrogens with one attached hydrogen (secondary N) is 2. The SMILES string of the molecule is CCN1CCN(c2ccc(NC(=S)NC(=O)c3cccc(F)c3)cc2)CC1. The van der Waals surface area contributed by atoms with Gasteiger partial charge >= 0.3 is 0 Å². The Morgan fingerprint density at radius 2 is 1.81 bits per heavy atom.